The van der Waals surface area contributed by atoms with Crippen LogP contribution in [-0.4, -0.2) is 37.3 Å². The van der Waals surface area contributed by atoms with E-state index in [4.69, 9.17) is 14.2 Å². The molecule has 1 aromatic rings. The van der Waals surface area contributed by atoms with Crippen molar-refractivity contribution in [1.82, 2.24) is 0 Å². The Morgan fingerprint density at radius 3 is 2.64 bits per heavy atom. The summed E-state index contributed by atoms with van der Waals surface area (Å²) in [5, 5.41) is 0. The van der Waals surface area contributed by atoms with Crippen LogP contribution >= 0.6 is 11.8 Å². The lowest BCUT2D eigenvalue weighted by Crippen LogP contribution is -2.27. The largest absolute Gasteiger partial charge is 0.465 e. The number of hydrogen-bond acceptors (Lipinski definition) is 5. The minimum atomic E-state index is -0.780. The zero-order chi connectivity index (χ0) is 15.8. The van der Waals surface area contributed by atoms with Gasteiger partial charge in [0.15, 0.2) is 5.79 Å². The Balaban J connectivity index is 1.82. The fourth-order valence-electron chi connectivity index (χ4n) is 2.38. The molecule has 0 aliphatic carbocycles. The minimum absolute atomic E-state index is 0.186. The molecule has 0 unspecified atom stereocenters. The fraction of sp³-hybridized carbons (Fsp3) is 0.562. The van der Waals surface area contributed by atoms with Crippen LogP contribution in [0.1, 0.15) is 25.3 Å². The molecule has 1 heterocycles. The molecule has 122 valence electrons. The molecule has 0 aromatic heterocycles. The Morgan fingerprint density at radius 2 is 2.00 bits per heavy atom. The van der Waals surface area contributed by atoms with E-state index in [1.165, 1.54) is 23.9 Å². The summed E-state index contributed by atoms with van der Waals surface area (Å²) in [6, 6.07) is 6.23. The van der Waals surface area contributed by atoms with Crippen molar-refractivity contribution in [2.75, 3.05) is 31.3 Å². The third-order valence-electron chi connectivity index (χ3n) is 3.36. The highest BCUT2D eigenvalue weighted by Crippen LogP contribution is 2.36. The van der Waals surface area contributed by atoms with E-state index in [1.807, 2.05) is 0 Å². The zero-order valence-electron chi connectivity index (χ0n) is 12.7. The summed E-state index contributed by atoms with van der Waals surface area (Å²) in [4.78, 5) is 11.3. The maximum atomic E-state index is 13.1. The molecule has 0 radical (unpaired) electrons. The molecule has 0 N–H and O–H groups in total. The number of esters is 1. The molecule has 0 atom stereocenters. The highest BCUT2D eigenvalue weighted by Gasteiger charge is 2.37. The van der Waals surface area contributed by atoms with Crippen LogP contribution in [0, 0.1) is 5.82 Å². The lowest BCUT2D eigenvalue weighted by Gasteiger charge is -2.27. The highest BCUT2D eigenvalue weighted by atomic mass is 32.2. The molecule has 1 fully saturated rings. The summed E-state index contributed by atoms with van der Waals surface area (Å²) < 4.78 is 29.5. The number of halogens is 1. The molecule has 6 heteroatoms. The summed E-state index contributed by atoms with van der Waals surface area (Å²) in [5.41, 5.74) is 0.835. The summed E-state index contributed by atoms with van der Waals surface area (Å²) in [6.07, 6.45) is 1.51. The summed E-state index contributed by atoms with van der Waals surface area (Å²) in [6.45, 7) is 3.28. The van der Waals surface area contributed by atoms with Crippen LogP contribution in [0.2, 0.25) is 0 Å². The molecule has 0 saturated carbocycles. The third kappa shape index (κ3) is 4.69. The molecule has 0 amide bonds. The van der Waals surface area contributed by atoms with Crippen LogP contribution in [-0.2, 0) is 24.8 Å². The lowest BCUT2D eigenvalue weighted by molar-refractivity contribution is -0.170. The second-order valence-corrected chi connectivity index (χ2v) is 6.02. The van der Waals surface area contributed by atoms with Crippen molar-refractivity contribution in [3.8, 4) is 0 Å². The van der Waals surface area contributed by atoms with Crippen LogP contribution < -0.4 is 0 Å². The van der Waals surface area contributed by atoms with Crippen molar-refractivity contribution >= 4 is 17.7 Å². The lowest BCUT2D eigenvalue weighted by atomic mass is 10.0. The maximum Gasteiger partial charge on any atom is 0.315 e. The Hall–Kier alpha value is -1.11. The van der Waals surface area contributed by atoms with Crippen molar-refractivity contribution in [3.05, 3.63) is 35.6 Å². The number of ether oxygens (including phenoxy) is 3. The zero-order valence-corrected chi connectivity index (χ0v) is 13.5. The summed E-state index contributed by atoms with van der Waals surface area (Å²) >= 11 is 1.54. The molecule has 4 nitrogen and oxygen atoms in total. The highest BCUT2D eigenvalue weighted by molar-refractivity contribution is 7.99. The van der Waals surface area contributed by atoms with Gasteiger partial charge in [0.2, 0.25) is 0 Å². The summed E-state index contributed by atoms with van der Waals surface area (Å²) in [5.74, 6) is -0.0674. The van der Waals surface area contributed by atoms with Gasteiger partial charge in [-0.05, 0) is 31.2 Å². The van der Waals surface area contributed by atoms with E-state index in [9.17, 15) is 9.18 Å². The Kier molecular flexibility index (Phi) is 6.67. The molecule has 0 bridgehead atoms. The van der Waals surface area contributed by atoms with E-state index in [0.29, 0.717) is 32.0 Å². The number of thioether (sulfide) groups is 1. The molecule has 1 aromatic carbocycles. The fourth-order valence-corrected chi connectivity index (χ4v) is 3.12. The van der Waals surface area contributed by atoms with E-state index < -0.39 is 5.79 Å². The molecular weight excluding hydrogens is 307 g/mol. The SMILES string of the molecule is CCOC(=O)CSCCCC1(c2ccc(F)cc2)OCCO1. The van der Waals surface area contributed by atoms with Gasteiger partial charge in [0.25, 0.3) is 0 Å². The number of carbonyl (C=O) groups excluding carboxylic acids is 1. The van der Waals surface area contributed by atoms with Gasteiger partial charge in [0, 0.05) is 12.0 Å². The first kappa shape index (κ1) is 17.2. The Labute approximate surface area is 134 Å². The predicted molar refractivity (Wildman–Crippen MR) is 83.2 cm³/mol. The van der Waals surface area contributed by atoms with Gasteiger partial charge < -0.3 is 14.2 Å². The van der Waals surface area contributed by atoms with Gasteiger partial charge in [-0.15, -0.1) is 0 Å². The average molecular weight is 328 g/mol. The average Bonchev–Trinajstić information content (AvgIpc) is 2.98. The van der Waals surface area contributed by atoms with Gasteiger partial charge in [0.1, 0.15) is 5.82 Å². The molecule has 22 heavy (non-hydrogen) atoms. The Morgan fingerprint density at radius 1 is 1.32 bits per heavy atom. The molecule has 2 rings (SSSR count). The van der Waals surface area contributed by atoms with Crippen LogP contribution in [0.15, 0.2) is 24.3 Å². The van der Waals surface area contributed by atoms with Crippen LogP contribution in [0.5, 0.6) is 0 Å². The second-order valence-electron chi connectivity index (χ2n) is 4.92. The monoisotopic (exact) mass is 328 g/mol. The molecule has 1 aliphatic rings. The van der Waals surface area contributed by atoms with Gasteiger partial charge >= 0.3 is 5.97 Å². The molecule has 1 aliphatic heterocycles. The van der Waals surface area contributed by atoms with E-state index in [0.717, 1.165) is 17.7 Å². The van der Waals surface area contributed by atoms with Crippen LogP contribution in [0.25, 0.3) is 0 Å². The van der Waals surface area contributed by atoms with Gasteiger partial charge in [-0.3, -0.25) is 4.79 Å². The molecule has 1 saturated heterocycles. The van der Waals surface area contributed by atoms with Crippen molar-refractivity contribution < 1.29 is 23.4 Å². The van der Waals surface area contributed by atoms with Crippen LogP contribution in [0.4, 0.5) is 4.39 Å². The minimum Gasteiger partial charge on any atom is -0.465 e. The first-order valence-corrected chi connectivity index (χ1v) is 8.59. The first-order valence-electron chi connectivity index (χ1n) is 7.43. The van der Waals surface area contributed by atoms with Gasteiger partial charge in [-0.25, -0.2) is 4.39 Å². The molecule has 0 spiro atoms. The topological polar surface area (TPSA) is 44.8 Å². The number of rotatable bonds is 8. The van der Waals surface area contributed by atoms with E-state index in [-0.39, 0.29) is 11.8 Å². The van der Waals surface area contributed by atoms with Crippen molar-refractivity contribution in [1.29, 1.82) is 0 Å². The maximum absolute atomic E-state index is 13.1. The number of hydrogen-bond donors (Lipinski definition) is 0. The Bertz CT molecular complexity index is 472. The standard InChI is InChI=1S/C16H21FO4S/c1-2-19-15(18)12-22-11-3-8-16(20-9-10-21-16)13-4-6-14(17)7-5-13/h4-7H,2-3,8-12H2,1H3. The second kappa shape index (κ2) is 8.50. The normalized spacial score (nSPS) is 16.6. The quantitative estimate of drug-likeness (QED) is 0.542. The van der Waals surface area contributed by atoms with E-state index in [1.54, 1.807) is 19.1 Å². The smallest absolute Gasteiger partial charge is 0.315 e. The first-order chi connectivity index (χ1) is 10.7. The van der Waals surface area contributed by atoms with E-state index in [2.05, 4.69) is 0 Å². The number of benzene rings is 1. The van der Waals surface area contributed by atoms with Gasteiger partial charge in [-0.1, -0.05) is 12.1 Å². The van der Waals surface area contributed by atoms with E-state index >= 15 is 0 Å². The van der Waals surface area contributed by atoms with Crippen molar-refractivity contribution in [2.24, 2.45) is 0 Å². The number of carbonyl (C=O) groups is 1. The van der Waals surface area contributed by atoms with Crippen molar-refractivity contribution in [3.63, 3.8) is 0 Å². The predicted octanol–water partition coefficient (Wildman–Crippen LogP) is 3.10. The third-order valence-corrected chi connectivity index (χ3v) is 4.37. The van der Waals surface area contributed by atoms with Gasteiger partial charge in [-0.2, -0.15) is 11.8 Å². The van der Waals surface area contributed by atoms with Crippen molar-refractivity contribution in [2.45, 2.75) is 25.6 Å². The van der Waals surface area contributed by atoms with Gasteiger partial charge in [0.05, 0.1) is 25.6 Å². The molecular formula is C16H21FO4S. The summed E-state index contributed by atoms with van der Waals surface area (Å²) in [7, 11) is 0. The van der Waals surface area contributed by atoms with Crippen LogP contribution in [0.3, 0.4) is 0 Å².